The highest BCUT2D eigenvalue weighted by Gasteiger charge is 2.38. The largest absolute Gasteiger partial charge is 0.466 e. The summed E-state index contributed by atoms with van der Waals surface area (Å²) in [5, 5.41) is 3.13. The first kappa shape index (κ1) is 20.6. The summed E-state index contributed by atoms with van der Waals surface area (Å²) in [4.78, 5) is 25.6. The molecule has 2 aliphatic heterocycles. The average Bonchev–Trinajstić information content (AvgIpc) is 3.19. The zero-order chi connectivity index (χ0) is 20.3. The Labute approximate surface area is 173 Å². The normalized spacial score (nSPS) is 22.1. The van der Waals surface area contributed by atoms with Gasteiger partial charge in [-0.25, -0.2) is 9.59 Å². The zero-order valence-electron chi connectivity index (χ0n) is 16.2. The van der Waals surface area contributed by atoms with Crippen molar-refractivity contribution in [2.24, 2.45) is 0 Å². The lowest BCUT2D eigenvalue weighted by atomic mass is 9.80. The molecule has 0 saturated carbocycles. The molecule has 7 heteroatoms. The number of carbonyl (C=O) groups excluding carboxylic acids is 2. The smallest absolute Gasteiger partial charge is 0.336 e. The maximum absolute atomic E-state index is 13.1. The van der Waals surface area contributed by atoms with Gasteiger partial charge in [0.2, 0.25) is 0 Å². The molecule has 2 heterocycles. The first-order valence-electron chi connectivity index (χ1n) is 9.24. The van der Waals surface area contributed by atoms with Gasteiger partial charge in [-0.3, -0.25) is 0 Å². The van der Waals surface area contributed by atoms with Crippen LogP contribution in [0.25, 0.3) is 0 Å². The number of allylic oxidation sites excluding steroid dienone is 2. The first-order chi connectivity index (χ1) is 13.4. The zero-order valence-corrected chi connectivity index (χ0v) is 17.8. The van der Waals surface area contributed by atoms with Crippen LogP contribution in [-0.2, 0) is 23.8 Å². The predicted molar refractivity (Wildman–Crippen MR) is 107 cm³/mol. The third kappa shape index (κ3) is 4.15. The average molecular weight is 450 g/mol. The minimum atomic E-state index is -0.596. The highest BCUT2D eigenvalue weighted by atomic mass is 79.9. The summed E-state index contributed by atoms with van der Waals surface area (Å²) in [6, 6.07) is 7.52. The van der Waals surface area contributed by atoms with Crippen LogP contribution in [0.4, 0.5) is 0 Å². The molecule has 0 bridgehead atoms. The topological polar surface area (TPSA) is 73.9 Å². The Morgan fingerprint density at radius 1 is 1.18 bits per heavy atom. The van der Waals surface area contributed by atoms with Crippen LogP contribution in [-0.4, -0.2) is 38.4 Å². The Morgan fingerprint density at radius 2 is 1.86 bits per heavy atom. The van der Waals surface area contributed by atoms with E-state index in [1.165, 1.54) is 7.11 Å². The summed E-state index contributed by atoms with van der Waals surface area (Å²) >= 11 is 3.55. The monoisotopic (exact) mass is 449 g/mol. The van der Waals surface area contributed by atoms with Crippen LogP contribution in [0.15, 0.2) is 51.3 Å². The van der Waals surface area contributed by atoms with E-state index in [4.69, 9.17) is 14.2 Å². The fourth-order valence-electron chi connectivity index (χ4n) is 3.69. The van der Waals surface area contributed by atoms with Crippen molar-refractivity contribution >= 4 is 27.9 Å². The molecule has 1 aromatic rings. The molecule has 2 atom stereocenters. The highest BCUT2D eigenvalue weighted by molar-refractivity contribution is 9.10. The fraction of sp³-hybridized carbons (Fsp3) is 0.429. The number of halogens is 1. The van der Waals surface area contributed by atoms with E-state index in [2.05, 4.69) is 21.2 Å². The molecule has 6 nitrogen and oxygen atoms in total. The quantitative estimate of drug-likeness (QED) is 0.692. The summed E-state index contributed by atoms with van der Waals surface area (Å²) in [5.74, 6) is -1.54. The van der Waals surface area contributed by atoms with Crippen LogP contribution in [0, 0.1) is 0 Å². The number of nitrogens with one attached hydrogen (secondary N) is 1. The van der Waals surface area contributed by atoms with E-state index < -0.39 is 17.9 Å². The molecule has 3 rings (SSSR count). The van der Waals surface area contributed by atoms with Gasteiger partial charge in [0.1, 0.15) is 6.61 Å². The van der Waals surface area contributed by atoms with Crippen LogP contribution < -0.4 is 5.32 Å². The van der Waals surface area contributed by atoms with Crippen molar-refractivity contribution < 1.29 is 23.8 Å². The van der Waals surface area contributed by atoms with Gasteiger partial charge >= 0.3 is 11.9 Å². The molecule has 0 amide bonds. The minimum Gasteiger partial charge on any atom is -0.466 e. The standard InChI is InChI=1S/C21H24BrNO5/c1-12-17(20(24)26-3)19(15-8-4-5-9-16(15)22)18(13(2)23-12)21(25)28-11-14-7-6-10-27-14/h4-5,8-9,14,19,23H,6-7,10-11H2,1-3H3. The molecule has 0 spiro atoms. The molecule has 0 aliphatic carbocycles. The van der Waals surface area contributed by atoms with Crippen LogP contribution >= 0.6 is 15.9 Å². The number of rotatable bonds is 5. The van der Waals surface area contributed by atoms with Gasteiger partial charge in [0.15, 0.2) is 0 Å². The summed E-state index contributed by atoms with van der Waals surface area (Å²) in [6.07, 6.45) is 1.78. The van der Waals surface area contributed by atoms with Gasteiger partial charge in [0.05, 0.1) is 30.3 Å². The lowest BCUT2D eigenvalue weighted by Gasteiger charge is -2.31. The van der Waals surface area contributed by atoms with Gasteiger partial charge in [-0.2, -0.15) is 0 Å². The molecular formula is C21H24BrNO5. The molecule has 28 heavy (non-hydrogen) atoms. The van der Waals surface area contributed by atoms with E-state index in [0.717, 1.165) is 22.9 Å². The second kappa shape index (κ2) is 8.92. The minimum absolute atomic E-state index is 0.0688. The maximum atomic E-state index is 13.1. The van der Waals surface area contributed by atoms with Crippen LogP contribution in [0.1, 0.15) is 38.2 Å². The van der Waals surface area contributed by atoms with E-state index in [-0.39, 0.29) is 12.7 Å². The number of carbonyl (C=O) groups is 2. The Morgan fingerprint density at radius 3 is 2.46 bits per heavy atom. The summed E-state index contributed by atoms with van der Waals surface area (Å²) in [5.41, 5.74) is 2.90. The van der Waals surface area contributed by atoms with Crippen molar-refractivity contribution in [3.8, 4) is 0 Å². The molecule has 2 aliphatic rings. The lowest BCUT2D eigenvalue weighted by Crippen LogP contribution is -2.33. The number of benzene rings is 1. The van der Waals surface area contributed by atoms with Crippen molar-refractivity contribution in [2.45, 2.75) is 38.7 Å². The highest BCUT2D eigenvalue weighted by Crippen LogP contribution is 2.41. The van der Waals surface area contributed by atoms with Gasteiger partial charge in [-0.15, -0.1) is 0 Å². The molecule has 1 fully saturated rings. The van der Waals surface area contributed by atoms with Crippen molar-refractivity contribution in [3.63, 3.8) is 0 Å². The van der Waals surface area contributed by atoms with Gasteiger partial charge < -0.3 is 19.5 Å². The molecular weight excluding hydrogens is 426 g/mol. The van der Waals surface area contributed by atoms with Crippen molar-refractivity contribution in [3.05, 3.63) is 56.8 Å². The maximum Gasteiger partial charge on any atom is 0.336 e. The molecule has 0 aromatic heterocycles. The van der Waals surface area contributed by atoms with Gasteiger partial charge in [-0.05, 0) is 38.3 Å². The molecule has 1 N–H and O–H groups in total. The summed E-state index contributed by atoms with van der Waals surface area (Å²) in [6.45, 7) is 4.51. The third-order valence-electron chi connectivity index (χ3n) is 5.03. The molecule has 150 valence electrons. The van der Waals surface area contributed by atoms with Gasteiger partial charge in [0.25, 0.3) is 0 Å². The Hall–Kier alpha value is -2.12. The number of methoxy groups -OCH3 is 1. The SMILES string of the molecule is COC(=O)C1=C(C)NC(C)=C(C(=O)OCC2CCCO2)C1c1ccccc1Br. The second-order valence-corrected chi connectivity index (χ2v) is 7.74. The van der Waals surface area contributed by atoms with Crippen molar-refractivity contribution in [2.75, 3.05) is 20.3 Å². The Balaban J connectivity index is 1.99. The molecule has 1 saturated heterocycles. The number of dihydropyridines is 1. The second-order valence-electron chi connectivity index (χ2n) is 6.88. The number of hydrogen-bond acceptors (Lipinski definition) is 6. The number of ether oxygens (including phenoxy) is 3. The summed E-state index contributed by atoms with van der Waals surface area (Å²) < 4.78 is 16.9. The molecule has 2 unspecified atom stereocenters. The van der Waals surface area contributed by atoms with Gasteiger partial charge in [0, 0.05) is 22.5 Å². The van der Waals surface area contributed by atoms with E-state index >= 15 is 0 Å². The van der Waals surface area contributed by atoms with Crippen molar-refractivity contribution in [1.29, 1.82) is 0 Å². The third-order valence-corrected chi connectivity index (χ3v) is 5.75. The number of hydrogen-bond donors (Lipinski definition) is 1. The Kier molecular flexibility index (Phi) is 6.57. The molecule has 0 radical (unpaired) electrons. The summed E-state index contributed by atoms with van der Waals surface area (Å²) in [7, 11) is 1.33. The number of esters is 2. The van der Waals surface area contributed by atoms with E-state index in [1.54, 1.807) is 6.92 Å². The lowest BCUT2D eigenvalue weighted by molar-refractivity contribution is -0.142. The van der Waals surface area contributed by atoms with E-state index in [1.807, 2.05) is 31.2 Å². The predicted octanol–water partition coefficient (Wildman–Crippen LogP) is 3.58. The molecule has 1 aromatic carbocycles. The van der Waals surface area contributed by atoms with Gasteiger partial charge in [-0.1, -0.05) is 34.1 Å². The van der Waals surface area contributed by atoms with E-state index in [0.29, 0.717) is 29.1 Å². The van der Waals surface area contributed by atoms with Crippen LogP contribution in [0.3, 0.4) is 0 Å². The van der Waals surface area contributed by atoms with Crippen molar-refractivity contribution in [1.82, 2.24) is 5.32 Å². The van der Waals surface area contributed by atoms with E-state index in [9.17, 15) is 9.59 Å². The van der Waals surface area contributed by atoms with Crippen LogP contribution in [0.2, 0.25) is 0 Å². The Bertz CT molecular complexity index is 839. The van der Waals surface area contributed by atoms with Crippen LogP contribution in [0.5, 0.6) is 0 Å². The first-order valence-corrected chi connectivity index (χ1v) is 10.0. The fourth-order valence-corrected chi connectivity index (χ4v) is 4.20.